The lowest BCUT2D eigenvalue weighted by molar-refractivity contribution is 1.67. The third kappa shape index (κ3) is 3.67. The molecule has 1 rings (SSSR count). The lowest BCUT2D eigenvalue weighted by Gasteiger charge is -1.85. The summed E-state index contributed by atoms with van der Waals surface area (Å²) in [4.78, 5) is 1.97. The maximum absolute atomic E-state index is 3.63. The molecule has 54 valence electrons. The molecule has 0 nitrogen and oxygen atoms in total. The maximum Gasteiger partial charge on any atom is -0.0121 e. The first-order chi connectivity index (χ1) is 4.93. The molecule has 0 heterocycles. The number of hydrogen-bond acceptors (Lipinski definition) is 0. The molecule has 0 N–H and O–H groups in total. The summed E-state index contributed by atoms with van der Waals surface area (Å²) in [7, 11) is 0. The van der Waals surface area contributed by atoms with E-state index in [4.69, 9.17) is 0 Å². The number of benzene rings is 1. The van der Waals surface area contributed by atoms with Gasteiger partial charge >= 0.3 is 0 Å². The molecule has 0 saturated heterocycles. The van der Waals surface area contributed by atoms with Gasteiger partial charge in [0.05, 0.1) is 0 Å². The zero-order valence-electron chi connectivity index (χ0n) is 6.05. The van der Waals surface area contributed by atoms with Crippen molar-refractivity contribution in [3.8, 4) is 0 Å². The van der Waals surface area contributed by atoms with E-state index < -0.39 is 0 Å². The van der Waals surface area contributed by atoms with Crippen LogP contribution in [0.2, 0.25) is 0 Å². The largest absolute Gasteiger partial charge is 0.0985 e. The zero-order valence-corrected chi connectivity index (χ0v) is 8.21. The molecular weight excluding hydrogens is 235 g/mol. The smallest absolute Gasteiger partial charge is 0.0121 e. The van der Waals surface area contributed by atoms with E-state index in [-0.39, 0.29) is 0 Å². The predicted octanol–water partition coefficient (Wildman–Crippen LogP) is 3.38. The zero-order chi connectivity index (χ0) is 7.82. The van der Waals surface area contributed by atoms with E-state index in [2.05, 4.69) is 29.2 Å². The molecule has 10 heavy (non-hydrogen) atoms. The van der Waals surface area contributed by atoms with Gasteiger partial charge in [-0.15, -0.1) is 0 Å². The van der Waals surface area contributed by atoms with Gasteiger partial charge in [0, 0.05) is 0 Å². The quantitative estimate of drug-likeness (QED) is 0.526. The highest BCUT2D eigenvalue weighted by Gasteiger charge is 1.75. The van der Waals surface area contributed by atoms with Gasteiger partial charge < -0.3 is 0 Å². The molecule has 0 amide bonds. The Kier molecular flexibility index (Phi) is 6.59. The molecule has 1 heteroatoms. The molecule has 0 aliphatic heterocycles. The van der Waals surface area contributed by atoms with E-state index in [1.807, 2.05) is 41.3 Å². The van der Waals surface area contributed by atoms with Gasteiger partial charge in [-0.25, -0.2) is 0 Å². The van der Waals surface area contributed by atoms with E-state index in [1.54, 1.807) is 0 Å². The van der Waals surface area contributed by atoms with Crippen LogP contribution in [0.4, 0.5) is 0 Å². The number of halogens is 1. The Bertz CT molecular complexity index is 167. The number of hydrogen-bond donors (Lipinski definition) is 0. The number of alkyl halides is 1. The second kappa shape index (κ2) is 6.81. The summed E-state index contributed by atoms with van der Waals surface area (Å²) in [5, 5.41) is 0. The Balaban J connectivity index is 0.000000371. The minimum atomic E-state index is 1.17. The van der Waals surface area contributed by atoms with Crippen molar-refractivity contribution < 1.29 is 0 Å². The summed E-state index contributed by atoms with van der Waals surface area (Å²) in [5.41, 5.74) is 1.17. The molecule has 0 atom stereocenters. The molecule has 0 aliphatic carbocycles. The average Bonchev–Trinajstić information content (AvgIpc) is 2.10. The Morgan fingerprint density at radius 1 is 1.20 bits per heavy atom. The highest BCUT2D eigenvalue weighted by Crippen LogP contribution is 1.97. The monoisotopic (exact) mass is 246 g/mol. The fourth-order valence-electron chi connectivity index (χ4n) is 0.589. The molecule has 1 aromatic carbocycles. The lowest BCUT2D eigenvalue weighted by Crippen LogP contribution is -1.63. The molecule has 0 fully saturated rings. The Hall–Kier alpha value is -0.310. The summed E-state index contributed by atoms with van der Waals surface area (Å²) in [6.07, 6.45) is 1.83. The van der Waals surface area contributed by atoms with E-state index in [0.29, 0.717) is 0 Å². The van der Waals surface area contributed by atoms with Gasteiger partial charge in [-0.3, -0.25) is 0 Å². The highest BCUT2D eigenvalue weighted by atomic mass is 127. The molecule has 0 radical (unpaired) electrons. The molecule has 0 saturated carbocycles. The fourth-order valence-corrected chi connectivity index (χ4v) is 0.589. The standard InChI is InChI=1S/C8H8.CH3I/c1-2-8-6-4-3-5-7-8;1-2/h2-7H,1H2;1H3. The first kappa shape index (κ1) is 9.69. The van der Waals surface area contributed by atoms with Crippen LogP contribution in [-0.2, 0) is 0 Å². The molecule has 0 spiro atoms. The van der Waals surface area contributed by atoms with Gasteiger partial charge in [-0.1, -0.05) is 65.6 Å². The molecular formula is C9H11I. The van der Waals surface area contributed by atoms with Gasteiger partial charge in [-0.2, -0.15) is 0 Å². The number of rotatable bonds is 1. The first-order valence-electron chi connectivity index (χ1n) is 2.99. The van der Waals surface area contributed by atoms with Gasteiger partial charge in [-0.05, 0) is 10.5 Å². The van der Waals surface area contributed by atoms with Crippen molar-refractivity contribution in [2.45, 2.75) is 0 Å². The van der Waals surface area contributed by atoms with Crippen molar-refractivity contribution >= 4 is 28.7 Å². The third-order valence-electron chi connectivity index (χ3n) is 1.04. The fraction of sp³-hybridized carbons (Fsp3) is 0.111. The van der Waals surface area contributed by atoms with Crippen LogP contribution in [0.5, 0.6) is 0 Å². The van der Waals surface area contributed by atoms with E-state index in [9.17, 15) is 0 Å². The van der Waals surface area contributed by atoms with Crippen LogP contribution in [0.3, 0.4) is 0 Å². The van der Waals surface area contributed by atoms with Crippen LogP contribution in [0.25, 0.3) is 6.08 Å². The normalized spacial score (nSPS) is 7.40. The predicted molar refractivity (Wildman–Crippen MR) is 56.5 cm³/mol. The molecule has 0 aromatic heterocycles. The molecule has 0 bridgehead atoms. The second-order valence-corrected chi connectivity index (χ2v) is 1.61. The van der Waals surface area contributed by atoms with E-state index in [0.717, 1.165) is 0 Å². The van der Waals surface area contributed by atoms with Crippen LogP contribution >= 0.6 is 22.6 Å². The maximum atomic E-state index is 3.63. The van der Waals surface area contributed by atoms with Crippen molar-refractivity contribution in [3.05, 3.63) is 42.5 Å². The van der Waals surface area contributed by atoms with Crippen molar-refractivity contribution in [2.24, 2.45) is 0 Å². The SMILES string of the molecule is C=Cc1ccccc1.CI. The summed E-state index contributed by atoms with van der Waals surface area (Å²) in [5.74, 6) is 0. The van der Waals surface area contributed by atoms with Crippen LogP contribution in [0, 0.1) is 0 Å². The van der Waals surface area contributed by atoms with Gasteiger partial charge in [0.25, 0.3) is 0 Å². The summed E-state index contributed by atoms with van der Waals surface area (Å²) < 4.78 is 0. The summed E-state index contributed by atoms with van der Waals surface area (Å²) in [6, 6.07) is 10.0. The van der Waals surface area contributed by atoms with Crippen LogP contribution in [0.1, 0.15) is 5.56 Å². The Morgan fingerprint density at radius 2 is 1.70 bits per heavy atom. The van der Waals surface area contributed by atoms with Gasteiger partial charge in [0.15, 0.2) is 0 Å². The van der Waals surface area contributed by atoms with Crippen molar-refractivity contribution in [3.63, 3.8) is 0 Å². The van der Waals surface area contributed by atoms with Crippen molar-refractivity contribution in [1.29, 1.82) is 0 Å². The molecule has 0 aliphatic rings. The highest BCUT2D eigenvalue weighted by molar-refractivity contribution is 14.1. The summed E-state index contributed by atoms with van der Waals surface area (Å²) in [6.45, 7) is 3.63. The second-order valence-electron chi connectivity index (χ2n) is 1.61. The minimum absolute atomic E-state index is 1.17. The average molecular weight is 246 g/mol. The van der Waals surface area contributed by atoms with Crippen LogP contribution in [-0.4, -0.2) is 4.93 Å². The topological polar surface area (TPSA) is 0 Å². The van der Waals surface area contributed by atoms with E-state index >= 15 is 0 Å². The Labute approximate surface area is 76.1 Å². The van der Waals surface area contributed by atoms with Gasteiger partial charge in [0.2, 0.25) is 0 Å². The van der Waals surface area contributed by atoms with Crippen molar-refractivity contribution in [1.82, 2.24) is 0 Å². The Morgan fingerprint density at radius 3 is 2.00 bits per heavy atom. The third-order valence-corrected chi connectivity index (χ3v) is 1.04. The van der Waals surface area contributed by atoms with Gasteiger partial charge in [0.1, 0.15) is 0 Å². The lowest BCUT2D eigenvalue weighted by atomic mass is 10.2. The summed E-state index contributed by atoms with van der Waals surface area (Å²) >= 11 is 2.15. The molecule has 0 unspecified atom stereocenters. The van der Waals surface area contributed by atoms with Crippen LogP contribution in [0.15, 0.2) is 36.9 Å². The van der Waals surface area contributed by atoms with Crippen LogP contribution < -0.4 is 0 Å². The first-order valence-corrected chi connectivity index (χ1v) is 5.14. The van der Waals surface area contributed by atoms with E-state index in [1.165, 1.54) is 5.56 Å². The van der Waals surface area contributed by atoms with Crippen molar-refractivity contribution in [2.75, 3.05) is 4.93 Å². The minimum Gasteiger partial charge on any atom is -0.0985 e. The molecule has 1 aromatic rings.